The maximum Gasteiger partial charge on any atom is 0.557 e. The van der Waals surface area contributed by atoms with Crippen LogP contribution in [0.3, 0.4) is 0 Å². The molecule has 0 radical (unpaired) electrons. The van der Waals surface area contributed by atoms with E-state index in [-0.39, 0.29) is 0 Å². The van der Waals surface area contributed by atoms with Crippen LogP contribution in [0.4, 0.5) is 0 Å². The van der Waals surface area contributed by atoms with Gasteiger partial charge >= 0.3 is 13.9 Å². The average Bonchev–Trinajstić information content (AvgIpc) is 1.97. The number of nitrogens with zero attached hydrogens (tertiary/aromatic N) is 1. The summed E-state index contributed by atoms with van der Waals surface area (Å²) in [7, 11) is -5.10. The van der Waals surface area contributed by atoms with Gasteiger partial charge in [0.25, 0.3) is 10.1 Å². The van der Waals surface area contributed by atoms with Gasteiger partial charge in [0.1, 0.15) is 0 Å². The van der Waals surface area contributed by atoms with Gasteiger partial charge in [-0.3, -0.25) is 0 Å². The molecule has 12 heavy (non-hydrogen) atoms. The molecule has 0 amide bonds. The second-order valence-electron chi connectivity index (χ2n) is 1.75. The molecule has 0 saturated heterocycles. The molecule has 0 aromatic rings. The summed E-state index contributed by atoms with van der Waals surface area (Å²) in [5.41, 5.74) is 0. The minimum Gasteiger partial charge on any atom is -0.201 e. The van der Waals surface area contributed by atoms with Gasteiger partial charge in [-0.15, -0.1) is 4.52 Å². The zero-order chi connectivity index (χ0) is 9.78. The van der Waals surface area contributed by atoms with E-state index >= 15 is 0 Å². The topological polar surface area (TPSA) is 93.5 Å². The molecular weight excluding hydrogens is 205 g/mol. The van der Waals surface area contributed by atoms with Gasteiger partial charge < -0.3 is 0 Å². The second-order valence-corrected chi connectivity index (χ2v) is 4.76. The van der Waals surface area contributed by atoms with Gasteiger partial charge in [0.2, 0.25) is 0 Å². The standard InChI is InChI=1S/C4H7NO5PS/c1-9-11(6)4(3-5)10-12(2,7)8/h4H,1-2H3/q+1. The number of hydrogen-bond donors (Lipinski definition) is 0. The van der Waals surface area contributed by atoms with Crippen molar-refractivity contribution >= 4 is 18.1 Å². The predicted molar refractivity (Wildman–Crippen MR) is 39.9 cm³/mol. The Hall–Kier alpha value is -0.540. The van der Waals surface area contributed by atoms with Crippen LogP contribution >= 0.6 is 8.03 Å². The van der Waals surface area contributed by atoms with E-state index in [1.165, 1.54) is 6.07 Å². The van der Waals surface area contributed by atoms with Crippen molar-refractivity contribution in [3.63, 3.8) is 0 Å². The number of rotatable bonds is 4. The normalized spacial score (nSPS) is 14.9. The fraction of sp³-hybridized carbons (Fsp3) is 0.750. The first-order valence-corrected chi connectivity index (χ1v) is 5.75. The summed E-state index contributed by atoms with van der Waals surface area (Å²) in [6.45, 7) is 0. The van der Waals surface area contributed by atoms with Gasteiger partial charge in [-0.2, -0.15) is 13.7 Å². The molecule has 68 valence electrons. The van der Waals surface area contributed by atoms with E-state index in [2.05, 4.69) is 8.71 Å². The van der Waals surface area contributed by atoms with Crippen molar-refractivity contribution in [3.05, 3.63) is 0 Å². The molecule has 0 heterocycles. The molecule has 0 rings (SSSR count). The highest BCUT2D eigenvalue weighted by atomic mass is 32.2. The third kappa shape index (κ3) is 4.36. The van der Waals surface area contributed by atoms with E-state index in [1.807, 2.05) is 0 Å². The first kappa shape index (κ1) is 11.5. The van der Waals surface area contributed by atoms with Crippen molar-refractivity contribution in [2.24, 2.45) is 0 Å². The van der Waals surface area contributed by atoms with Crippen molar-refractivity contribution in [1.29, 1.82) is 5.26 Å². The van der Waals surface area contributed by atoms with Gasteiger partial charge in [-0.05, 0) is 4.57 Å². The highest BCUT2D eigenvalue weighted by Gasteiger charge is 2.36. The summed E-state index contributed by atoms with van der Waals surface area (Å²) in [6, 6.07) is 1.40. The van der Waals surface area contributed by atoms with Gasteiger partial charge in [0.05, 0.1) is 13.4 Å². The molecule has 0 aliphatic rings. The monoisotopic (exact) mass is 212 g/mol. The quantitative estimate of drug-likeness (QED) is 0.488. The van der Waals surface area contributed by atoms with Crippen molar-refractivity contribution in [2.75, 3.05) is 13.4 Å². The lowest BCUT2D eigenvalue weighted by molar-refractivity contribution is 0.299. The van der Waals surface area contributed by atoms with E-state index in [0.717, 1.165) is 13.4 Å². The molecule has 2 unspecified atom stereocenters. The average molecular weight is 212 g/mol. The Bertz CT molecular complexity index is 304. The molecule has 0 aliphatic heterocycles. The van der Waals surface area contributed by atoms with Crippen LogP contribution in [0.25, 0.3) is 0 Å². The van der Waals surface area contributed by atoms with Crippen molar-refractivity contribution in [1.82, 2.24) is 0 Å². The Morgan fingerprint density at radius 3 is 2.33 bits per heavy atom. The molecule has 0 bridgehead atoms. The van der Waals surface area contributed by atoms with Crippen LogP contribution in [0.1, 0.15) is 0 Å². The van der Waals surface area contributed by atoms with Gasteiger partial charge in [-0.25, -0.2) is 4.18 Å². The molecule has 2 atom stereocenters. The van der Waals surface area contributed by atoms with Gasteiger partial charge in [-0.1, -0.05) is 0 Å². The molecule has 0 spiro atoms. The molecule has 0 aromatic heterocycles. The first-order chi connectivity index (χ1) is 5.40. The van der Waals surface area contributed by atoms with E-state index in [9.17, 15) is 13.0 Å². The maximum atomic E-state index is 10.7. The maximum absolute atomic E-state index is 10.7. The number of hydrogen-bond acceptors (Lipinski definition) is 6. The molecule has 6 nitrogen and oxygen atoms in total. The summed E-state index contributed by atoms with van der Waals surface area (Å²) in [4.78, 5) is 0. The fourth-order valence-electron chi connectivity index (χ4n) is 0.365. The Morgan fingerprint density at radius 1 is 1.58 bits per heavy atom. The minimum absolute atomic E-state index is 0.760. The Morgan fingerprint density at radius 2 is 2.08 bits per heavy atom. The van der Waals surface area contributed by atoms with Crippen LogP contribution < -0.4 is 0 Å². The lowest BCUT2D eigenvalue weighted by atomic mass is 10.8. The molecule has 0 aromatic carbocycles. The van der Waals surface area contributed by atoms with Crippen molar-refractivity contribution in [2.45, 2.75) is 5.85 Å². The molecular formula is C4H7NO5PS+. The van der Waals surface area contributed by atoms with Gasteiger partial charge in [0.15, 0.2) is 6.07 Å². The van der Waals surface area contributed by atoms with Crippen LogP contribution in [-0.4, -0.2) is 27.6 Å². The third-order valence-corrected chi connectivity index (χ3v) is 2.40. The summed E-state index contributed by atoms with van der Waals surface area (Å²) >= 11 is 0. The second kappa shape index (κ2) is 4.48. The molecule has 8 heteroatoms. The van der Waals surface area contributed by atoms with Crippen LogP contribution in [0.2, 0.25) is 0 Å². The SMILES string of the molecule is CO[P+](=O)C(C#N)OS(C)(=O)=O. The fourth-order valence-corrected chi connectivity index (χ4v) is 1.78. The molecule has 0 N–H and O–H groups in total. The Balaban J connectivity index is 4.43. The summed E-state index contributed by atoms with van der Waals surface area (Å²) in [6.07, 6.45) is 0.760. The zero-order valence-corrected chi connectivity index (χ0v) is 8.13. The van der Waals surface area contributed by atoms with Crippen LogP contribution in [0, 0.1) is 11.3 Å². The predicted octanol–water partition coefficient (Wildman–Crippen LogP) is 0.201. The highest BCUT2D eigenvalue weighted by molar-refractivity contribution is 7.86. The summed E-state index contributed by atoms with van der Waals surface area (Å²) in [5.74, 6) is -1.57. The van der Waals surface area contributed by atoms with Crippen LogP contribution in [-0.2, 0) is 23.4 Å². The smallest absolute Gasteiger partial charge is 0.201 e. The summed E-state index contributed by atoms with van der Waals surface area (Å²) in [5, 5.41) is 8.29. The minimum atomic E-state index is -3.78. The lowest BCUT2D eigenvalue weighted by Gasteiger charge is -1.95. The Kier molecular flexibility index (Phi) is 4.28. The number of nitriles is 1. The first-order valence-electron chi connectivity index (χ1n) is 2.69. The molecule has 0 saturated carbocycles. The molecule has 0 aliphatic carbocycles. The van der Waals surface area contributed by atoms with Crippen molar-refractivity contribution < 1.29 is 21.7 Å². The molecule has 0 fully saturated rings. The van der Waals surface area contributed by atoms with E-state index in [4.69, 9.17) is 5.26 Å². The zero-order valence-electron chi connectivity index (χ0n) is 6.42. The lowest BCUT2D eigenvalue weighted by Crippen LogP contribution is -2.12. The van der Waals surface area contributed by atoms with Crippen LogP contribution in [0.5, 0.6) is 0 Å². The van der Waals surface area contributed by atoms with Crippen molar-refractivity contribution in [3.8, 4) is 6.07 Å². The third-order valence-electron chi connectivity index (χ3n) is 0.748. The highest BCUT2D eigenvalue weighted by Crippen LogP contribution is 2.29. The summed E-state index contributed by atoms with van der Waals surface area (Å²) < 4.78 is 40.1. The van der Waals surface area contributed by atoms with E-state index in [1.54, 1.807) is 0 Å². The van der Waals surface area contributed by atoms with E-state index < -0.39 is 24.0 Å². The van der Waals surface area contributed by atoms with Crippen LogP contribution in [0.15, 0.2) is 0 Å². The van der Waals surface area contributed by atoms with E-state index in [0.29, 0.717) is 0 Å². The van der Waals surface area contributed by atoms with Gasteiger partial charge in [0, 0.05) is 0 Å². The Labute approximate surface area is 71.1 Å². The largest absolute Gasteiger partial charge is 0.557 e.